The summed E-state index contributed by atoms with van der Waals surface area (Å²) in [6, 6.07) is 30.2. The zero-order valence-corrected chi connectivity index (χ0v) is 38.4. The van der Waals surface area contributed by atoms with Crippen LogP contribution in [-0.4, -0.2) is 45.3 Å². The molecule has 0 radical (unpaired) electrons. The number of ketones is 1. The van der Waals surface area contributed by atoms with E-state index in [0.29, 0.717) is 30.9 Å². The molecule has 0 heterocycles. The van der Waals surface area contributed by atoms with Gasteiger partial charge in [0.05, 0.1) is 15.5 Å². The molecule has 332 valence electrons. The van der Waals surface area contributed by atoms with Gasteiger partial charge in [0.25, 0.3) is 5.91 Å². The van der Waals surface area contributed by atoms with Crippen molar-refractivity contribution in [2.24, 2.45) is 16.5 Å². The maximum absolute atomic E-state index is 15.0. The van der Waals surface area contributed by atoms with Crippen molar-refractivity contribution in [3.05, 3.63) is 115 Å². The average Bonchev–Trinajstić information content (AvgIpc) is 3.22. The van der Waals surface area contributed by atoms with Gasteiger partial charge in [-0.15, -0.1) is 11.6 Å². The number of primary sulfonamides is 1. The first-order chi connectivity index (χ1) is 29.0. The Balaban J connectivity index is 1.69. The molecule has 0 saturated heterocycles. The summed E-state index contributed by atoms with van der Waals surface area (Å²) in [5.74, 6) is -1.80. The lowest BCUT2D eigenvalue weighted by Gasteiger charge is -2.42. The highest BCUT2D eigenvalue weighted by molar-refractivity contribution is 7.91. The molecule has 3 N–H and O–H groups in total. The maximum atomic E-state index is 15.0. The van der Waals surface area contributed by atoms with Crippen LogP contribution in [0.2, 0.25) is 0 Å². The Morgan fingerprint density at radius 3 is 1.70 bits per heavy atom. The van der Waals surface area contributed by atoms with Crippen LogP contribution in [0.15, 0.2) is 119 Å². The number of benzene rings is 4. The number of anilines is 1. The van der Waals surface area contributed by atoms with Crippen LogP contribution >= 0.6 is 11.6 Å². The number of nitrogens with one attached hydrogen (secondary N) is 1. The molecule has 0 aromatic heterocycles. The average molecular weight is 896 g/mol. The Bertz CT molecular complexity index is 2180. The SMILES string of the molecule is CCCCCCCCCCCC(CCC(Cl)CS(N)(=O)=O)C(Oc1ccc(S(=O)(=O)c2ccc(OCc3ccccc3)cc2)cc1)(C(=O)Nc1ccccc1)C(=O)C(C)(C)C. The van der Waals surface area contributed by atoms with Gasteiger partial charge in [-0.05, 0) is 85.5 Å². The second kappa shape index (κ2) is 23.3. The smallest absolute Gasteiger partial charge is 0.276 e. The molecule has 13 heteroatoms. The number of hydrogen-bond donors (Lipinski definition) is 2. The van der Waals surface area contributed by atoms with Gasteiger partial charge < -0.3 is 14.8 Å². The molecule has 0 aliphatic rings. The summed E-state index contributed by atoms with van der Waals surface area (Å²) in [4.78, 5) is 30.0. The fourth-order valence-electron chi connectivity index (χ4n) is 7.39. The fraction of sp³-hybridized carbons (Fsp3) is 0.458. The van der Waals surface area contributed by atoms with E-state index in [4.69, 9.17) is 26.2 Å². The number of ether oxygens (including phenoxy) is 2. The molecule has 4 aromatic carbocycles. The summed E-state index contributed by atoms with van der Waals surface area (Å²) in [6.45, 7) is 7.68. The predicted molar refractivity (Wildman–Crippen MR) is 244 cm³/mol. The third kappa shape index (κ3) is 15.3. The van der Waals surface area contributed by atoms with Gasteiger partial charge in [0.15, 0.2) is 5.78 Å². The third-order valence-corrected chi connectivity index (χ3v) is 13.9. The standard InChI is InChI=1S/C48H63ClN2O8S2/c1-5-6-7-8-9-10-11-12-17-22-38(25-26-39(49)36-60(50,54)55)48(45(52)47(2,3)4,46(53)51-40-23-18-14-19-24-40)59-42-29-33-44(34-30-42)61(56,57)43-31-27-41(28-32-43)58-35-37-20-15-13-16-21-37/h13-16,18-21,23-24,27-34,38-39H,5-12,17,22,25-26,35-36H2,1-4H3,(H,51,53)(H2,50,54,55). The molecule has 0 aliphatic carbocycles. The van der Waals surface area contributed by atoms with Crippen molar-refractivity contribution >= 4 is 48.8 Å². The number of carbonyl (C=O) groups excluding carboxylic acids is 2. The van der Waals surface area contributed by atoms with Gasteiger partial charge in [0.2, 0.25) is 25.5 Å². The topological polar surface area (TPSA) is 159 Å². The lowest BCUT2D eigenvalue weighted by molar-refractivity contribution is -0.158. The molecule has 4 aromatic rings. The first-order valence-electron chi connectivity index (χ1n) is 21.3. The largest absolute Gasteiger partial charge is 0.489 e. The number of amides is 1. The van der Waals surface area contributed by atoms with Crippen LogP contribution in [0.5, 0.6) is 11.5 Å². The van der Waals surface area contributed by atoms with Crippen molar-refractivity contribution in [1.82, 2.24) is 0 Å². The van der Waals surface area contributed by atoms with E-state index in [2.05, 4.69) is 12.2 Å². The van der Waals surface area contributed by atoms with Crippen molar-refractivity contribution in [2.75, 3.05) is 11.1 Å². The highest BCUT2D eigenvalue weighted by atomic mass is 35.5. The minimum Gasteiger partial charge on any atom is -0.489 e. The summed E-state index contributed by atoms with van der Waals surface area (Å²) in [5, 5.41) is 7.41. The number of sulfonamides is 1. The zero-order chi connectivity index (χ0) is 44.5. The summed E-state index contributed by atoms with van der Waals surface area (Å²) in [6.07, 6.45) is 10.2. The Hall–Kier alpha value is -4.23. The first kappa shape index (κ1) is 49.4. The lowest BCUT2D eigenvalue weighted by Crippen LogP contribution is -2.62. The van der Waals surface area contributed by atoms with E-state index >= 15 is 4.79 Å². The monoisotopic (exact) mass is 894 g/mol. The van der Waals surface area contributed by atoms with Gasteiger partial charge in [-0.3, -0.25) is 9.59 Å². The van der Waals surface area contributed by atoms with Gasteiger partial charge in [0.1, 0.15) is 18.1 Å². The van der Waals surface area contributed by atoms with Crippen LogP contribution in [0.1, 0.15) is 110 Å². The summed E-state index contributed by atoms with van der Waals surface area (Å²) >= 11 is 6.56. The zero-order valence-electron chi connectivity index (χ0n) is 36.0. The second-order valence-corrected chi connectivity index (χ2v) is 21.0. The van der Waals surface area contributed by atoms with E-state index < -0.39 is 59.6 Å². The molecule has 61 heavy (non-hydrogen) atoms. The number of halogens is 1. The van der Waals surface area contributed by atoms with Crippen LogP contribution in [-0.2, 0) is 36.1 Å². The summed E-state index contributed by atoms with van der Waals surface area (Å²) < 4.78 is 64.3. The summed E-state index contributed by atoms with van der Waals surface area (Å²) in [7, 11) is -7.89. The first-order valence-corrected chi connectivity index (χ1v) is 25.0. The maximum Gasteiger partial charge on any atom is 0.276 e. The minimum atomic E-state index is -3.99. The minimum absolute atomic E-state index is 0.0153. The number of alkyl halides is 1. The number of unbranched alkanes of at least 4 members (excludes halogenated alkanes) is 8. The van der Waals surface area contributed by atoms with Gasteiger partial charge in [-0.1, -0.05) is 134 Å². The number of Topliss-reactive ketones (excluding diaryl/α,β-unsaturated/α-hetero) is 1. The number of nitrogens with two attached hydrogens (primary N) is 1. The molecule has 0 bridgehead atoms. The summed E-state index contributed by atoms with van der Waals surface area (Å²) in [5.41, 5.74) is -1.80. The molecule has 1 amide bonds. The Kier molecular flexibility index (Phi) is 18.9. The van der Waals surface area contributed by atoms with E-state index in [9.17, 15) is 21.6 Å². The Morgan fingerprint density at radius 1 is 0.672 bits per heavy atom. The number of sulfone groups is 1. The molecule has 0 spiro atoms. The molecule has 0 fully saturated rings. The molecule has 10 nitrogen and oxygen atoms in total. The Morgan fingerprint density at radius 2 is 1.18 bits per heavy atom. The van der Waals surface area contributed by atoms with E-state index in [0.717, 1.165) is 31.2 Å². The molecular weight excluding hydrogens is 832 g/mol. The molecule has 3 atom stereocenters. The van der Waals surface area contributed by atoms with E-state index in [1.807, 2.05) is 36.4 Å². The van der Waals surface area contributed by atoms with Gasteiger partial charge in [0, 0.05) is 22.4 Å². The predicted octanol–water partition coefficient (Wildman–Crippen LogP) is 10.7. The number of para-hydroxylation sites is 1. The third-order valence-electron chi connectivity index (χ3n) is 10.7. The highest BCUT2D eigenvalue weighted by Crippen LogP contribution is 2.41. The van der Waals surface area contributed by atoms with Crippen LogP contribution in [0, 0.1) is 11.3 Å². The van der Waals surface area contributed by atoms with E-state index in [1.54, 1.807) is 57.2 Å². The quantitative estimate of drug-likeness (QED) is 0.0358. The molecule has 0 saturated carbocycles. The van der Waals surface area contributed by atoms with Crippen LogP contribution in [0.25, 0.3) is 0 Å². The molecule has 0 aliphatic heterocycles. The molecule has 3 unspecified atom stereocenters. The van der Waals surface area contributed by atoms with Gasteiger partial charge in [-0.2, -0.15) is 0 Å². The number of hydrogen-bond acceptors (Lipinski definition) is 8. The highest BCUT2D eigenvalue weighted by Gasteiger charge is 2.57. The van der Waals surface area contributed by atoms with Gasteiger partial charge in [-0.25, -0.2) is 22.0 Å². The van der Waals surface area contributed by atoms with Crippen molar-refractivity contribution < 1.29 is 35.9 Å². The van der Waals surface area contributed by atoms with E-state index in [1.165, 1.54) is 62.1 Å². The molecule has 4 rings (SSSR count). The number of carbonyl (C=O) groups is 2. The van der Waals surface area contributed by atoms with Crippen molar-refractivity contribution in [3.63, 3.8) is 0 Å². The van der Waals surface area contributed by atoms with Crippen molar-refractivity contribution in [2.45, 2.75) is 132 Å². The second-order valence-electron chi connectivity index (χ2n) is 16.8. The van der Waals surface area contributed by atoms with Crippen molar-refractivity contribution in [3.8, 4) is 11.5 Å². The fourth-order valence-corrected chi connectivity index (χ4v) is 9.97. The Labute approximate surface area is 368 Å². The normalized spacial score (nSPS) is 14.1. The van der Waals surface area contributed by atoms with Crippen LogP contribution < -0.4 is 19.9 Å². The molecular formula is C48H63ClN2O8S2. The van der Waals surface area contributed by atoms with Gasteiger partial charge >= 0.3 is 0 Å². The van der Waals surface area contributed by atoms with Crippen LogP contribution in [0.4, 0.5) is 5.69 Å². The number of rotatable bonds is 26. The lowest BCUT2D eigenvalue weighted by atomic mass is 9.69. The van der Waals surface area contributed by atoms with Crippen molar-refractivity contribution in [1.29, 1.82) is 0 Å². The van der Waals surface area contributed by atoms with Crippen LogP contribution in [0.3, 0.4) is 0 Å². The van der Waals surface area contributed by atoms with E-state index in [-0.39, 0.29) is 28.4 Å².